The van der Waals surface area contributed by atoms with Crippen LogP contribution in [0.1, 0.15) is 70.9 Å². The Bertz CT molecular complexity index is 378. The van der Waals surface area contributed by atoms with Gasteiger partial charge in [-0.25, -0.2) is 4.98 Å². The Labute approximate surface area is 104 Å². The lowest BCUT2D eigenvalue weighted by Gasteiger charge is -2.25. The summed E-state index contributed by atoms with van der Waals surface area (Å²) in [5.74, 6) is 1.03. The van der Waals surface area contributed by atoms with Gasteiger partial charge in [-0.2, -0.15) is 5.26 Å². The van der Waals surface area contributed by atoms with Gasteiger partial charge in [-0.05, 0) is 12.8 Å². The lowest BCUT2D eigenvalue weighted by Crippen LogP contribution is -2.20. The molecule has 0 aliphatic rings. The highest BCUT2D eigenvalue weighted by atomic mass is 16.4. The molecule has 0 saturated heterocycles. The largest absolute Gasteiger partial charge is 0.433 e. The van der Waals surface area contributed by atoms with E-state index < -0.39 is 0 Å². The topological polar surface area (TPSA) is 49.8 Å². The SMILES string of the molecule is CCCCCCC(C)(CC)c1cnc(C#N)o1. The molecule has 94 valence electrons. The van der Waals surface area contributed by atoms with Crippen LogP contribution in [0.25, 0.3) is 0 Å². The molecule has 3 nitrogen and oxygen atoms in total. The Hall–Kier alpha value is -1.30. The van der Waals surface area contributed by atoms with Gasteiger partial charge in [0.1, 0.15) is 5.76 Å². The minimum absolute atomic E-state index is 0.0237. The third kappa shape index (κ3) is 3.59. The Morgan fingerprint density at radius 1 is 1.35 bits per heavy atom. The van der Waals surface area contributed by atoms with Crippen LogP contribution in [0.2, 0.25) is 0 Å². The maximum atomic E-state index is 8.73. The molecule has 0 amide bonds. The zero-order chi connectivity index (χ0) is 12.7. The van der Waals surface area contributed by atoms with Crippen molar-refractivity contribution >= 4 is 0 Å². The van der Waals surface area contributed by atoms with Crippen molar-refractivity contribution < 1.29 is 4.42 Å². The summed E-state index contributed by atoms with van der Waals surface area (Å²) in [4.78, 5) is 3.97. The zero-order valence-corrected chi connectivity index (χ0v) is 11.1. The van der Waals surface area contributed by atoms with Gasteiger partial charge >= 0.3 is 5.89 Å². The molecular weight excluding hydrogens is 212 g/mol. The summed E-state index contributed by atoms with van der Waals surface area (Å²) in [6, 6.07) is 1.94. The second-order valence-electron chi connectivity index (χ2n) is 4.87. The van der Waals surface area contributed by atoms with Crippen molar-refractivity contribution in [1.29, 1.82) is 5.26 Å². The number of unbranched alkanes of at least 4 members (excludes halogenated alkanes) is 3. The molecule has 0 spiro atoms. The molecule has 0 bridgehead atoms. The molecule has 0 aliphatic carbocycles. The van der Waals surface area contributed by atoms with E-state index in [1.54, 1.807) is 6.20 Å². The van der Waals surface area contributed by atoms with Gasteiger partial charge in [0.05, 0.1) is 6.20 Å². The summed E-state index contributed by atoms with van der Waals surface area (Å²) < 4.78 is 5.47. The van der Waals surface area contributed by atoms with Crippen molar-refractivity contribution in [3.8, 4) is 6.07 Å². The fraction of sp³-hybridized carbons (Fsp3) is 0.714. The third-order valence-electron chi connectivity index (χ3n) is 3.56. The summed E-state index contributed by atoms with van der Waals surface area (Å²) in [6.07, 6.45) is 8.85. The molecule has 1 rings (SSSR count). The molecule has 0 aliphatic heterocycles. The maximum Gasteiger partial charge on any atom is 0.300 e. The van der Waals surface area contributed by atoms with Crippen molar-refractivity contribution in [1.82, 2.24) is 4.98 Å². The minimum Gasteiger partial charge on any atom is -0.433 e. The second-order valence-corrected chi connectivity index (χ2v) is 4.87. The van der Waals surface area contributed by atoms with Crippen LogP contribution < -0.4 is 0 Å². The molecule has 1 unspecified atom stereocenters. The van der Waals surface area contributed by atoms with Gasteiger partial charge in [0.25, 0.3) is 0 Å². The van der Waals surface area contributed by atoms with Crippen LogP contribution in [-0.4, -0.2) is 4.98 Å². The molecule has 0 N–H and O–H groups in total. The number of nitrogens with zero attached hydrogens (tertiary/aromatic N) is 2. The molecule has 0 radical (unpaired) electrons. The maximum absolute atomic E-state index is 8.73. The van der Waals surface area contributed by atoms with Gasteiger partial charge < -0.3 is 4.42 Å². The molecule has 0 aromatic carbocycles. The molecular formula is C14H22N2O. The summed E-state index contributed by atoms with van der Waals surface area (Å²) >= 11 is 0. The predicted octanol–water partition coefficient (Wildman–Crippen LogP) is 4.18. The highest BCUT2D eigenvalue weighted by Gasteiger charge is 2.28. The summed E-state index contributed by atoms with van der Waals surface area (Å²) in [6.45, 7) is 6.57. The van der Waals surface area contributed by atoms with Crippen LogP contribution in [0.3, 0.4) is 0 Å². The Morgan fingerprint density at radius 2 is 2.12 bits per heavy atom. The van der Waals surface area contributed by atoms with Crippen molar-refractivity contribution in [2.24, 2.45) is 0 Å². The van der Waals surface area contributed by atoms with E-state index in [4.69, 9.17) is 9.68 Å². The lowest BCUT2D eigenvalue weighted by molar-refractivity contribution is 0.315. The first-order valence-corrected chi connectivity index (χ1v) is 6.52. The summed E-state index contributed by atoms with van der Waals surface area (Å²) in [7, 11) is 0. The van der Waals surface area contributed by atoms with Gasteiger partial charge in [0.2, 0.25) is 0 Å². The second kappa shape index (κ2) is 6.44. The van der Waals surface area contributed by atoms with Crippen LogP contribution in [0.4, 0.5) is 0 Å². The van der Waals surface area contributed by atoms with E-state index in [9.17, 15) is 0 Å². The molecule has 1 aromatic rings. The van der Waals surface area contributed by atoms with E-state index in [-0.39, 0.29) is 11.3 Å². The minimum atomic E-state index is 0.0237. The fourth-order valence-corrected chi connectivity index (χ4v) is 2.02. The van der Waals surface area contributed by atoms with Gasteiger partial charge in [-0.3, -0.25) is 0 Å². The average molecular weight is 234 g/mol. The number of nitriles is 1. The number of aromatic nitrogens is 1. The van der Waals surface area contributed by atoms with Gasteiger partial charge in [-0.15, -0.1) is 0 Å². The monoisotopic (exact) mass is 234 g/mol. The van der Waals surface area contributed by atoms with E-state index >= 15 is 0 Å². The standard InChI is InChI=1S/C14H22N2O/c1-4-6-7-8-9-14(3,5-2)12-11-16-13(10-15)17-12/h11H,4-9H2,1-3H3. The third-order valence-corrected chi connectivity index (χ3v) is 3.56. The summed E-state index contributed by atoms with van der Waals surface area (Å²) in [5.41, 5.74) is 0.0237. The van der Waals surface area contributed by atoms with E-state index in [0.717, 1.165) is 18.6 Å². The van der Waals surface area contributed by atoms with Crippen LogP contribution in [0.15, 0.2) is 10.6 Å². The van der Waals surface area contributed by atoms with Crippen molar-refractivity contribution in [3.63, 3.8) is 0 Å². The Balaban J connectivity index is 2.64. The van der Waals surface area contributed by atoms with Gasteiger partial charge in [-0.1, -0.05) is 46.5 Å². The quantitative estimate of drug-likeness (QED) is 0.665. The smallest absolute Gasteiger partial charge is 0.300 e. The fourth-order valence-electron chi connectivity index (χ4n) is 2.02. The predicted molar refractivity (Wildman–Crippen MR) is 67.6 cm³/mol. The normalized spacial score (nSPS) is 14.2. The average Bonchev–Trinajstić information content (AvgIpc) is 2.83. The zero-order valence-electron chi connectivity index (χ0n) is 11.1. The number of hydrogen-bond donors (Lipinski definition) is 0. The highest BCUT2D eigenvalue weighted by molar-refractivity contribution is 5.14. The molecule has 0 fully saturated rings. The van der Waals surface area contributed by atoms with Crippen LogP contribution in [0.5, 0.6) is 0 Å². The Kier molecular flexibility index (Phi) is 5.21. The van der Waals surface area contributed by atoms with Gasteiger partial charge in [0, 0.05) is 5.41 Å². The lowest BCUT2D eigenvalue weighted by atomic mass is 9.80. The summed E-state index contributed by atoms with van der Waals surface area (Å²) in [5, 5.41) is 8.73. The number of oxazole rings is 1. The van der Waals surface area contributed by atoms with Gasteiger partial charge in [0.15, 0.2) is 6.07 Å². The number of rotatable bonds is 7. The Morgan fingerprint density at radius 3 is 2.65 bits per heavy atom. The van der Waals surface area contributed by atoms with E-state index in [1.807, 2.05) is 6.07 Å². The van der Waals surface area contributed by atoms with Crippen molar-refractivity contribution in [2.45, 2.75) is 64.7 Å². The van der Waals surface area contributed by atoms with E-state index in [1.165, 1.54) is 25.7 Å². The van der Waals surface area contributed by atoms with E-state index in [2.05, 4.69) is 25.8 Å². The molecule has 3 heteroatoms. The van der Waals surface area contributed by atoms with Crippen molar-refractivity contribution in [2.75, 3.05) is 0 Å². The van der Waals surface area contributed by atoms with Crippen LogP contribution in [-0.2, 0) is 5.41 Å². The highest BCUT2D eigenvalue weighted by Crippen LogP contribution is 2.33. The molecule has 17 heavy (non-hydrogen) atoms. The van der Waals surface area contributed by atoms with Crippen LogP contribution in [0, 0.1) is 11.3 Å². The molecule has 0 saturated carbocycles. The van der Waals surface area contributed by atoms with E-state index in [0.29, 0.717) is 0 Å². The molecule has 1 heterocycles. The first-order valence-electron chi connectivity index (χ1n) is 6.52. The van der Waals surface area contributed by atoms with Crippen LogP contribution >= 0.6 is 0 Å². The van der Waals surface area contributed by atoms with Crippen molar-refractivity contribution in [3.05, 3.63) is 17.8 Å². The number of hydrogen-bond acceptors (Lipinski definition) is 3. The first-order chi connectivity index (χ1) is 8.16. The first kappa shape index (κ1) is 13.8. The molecule has 1 aromatic heterocycles. The molecule has 1 atom stereocenters.